The van der Waals surface area contributed by atoms with Gasteiger partial charge in [0.1, 0.15) is 22.3 Å². The number of alkyl halides is 3. The lowest BCUT2D eigenvalue weighted by atomic mass is 9.88. The molecule has 1 amide bonds. The second-order valence-corrected chi connectivity index (χ2v) is 10.3. The van der Waals surface area contributed by atoms with E-state index in [0.717, 1.165) is 22.6 Å². The molecule has 1 aromatic carbocycles. The molecule has 2 unspecified atom stereocenters. The molecule has 14 heteroatoms. The van der Waals surface area contributed by atoms with Gasteiger partial charge in [-0.1, -0.05) is 6.92 Å². The summed E-state index contributed by atoms with van der Waals surface area (Å²) in [4.78, 5) is 20.5. The molecule has 35 heavy (non-hydrogen) atoms. The van der Waals surface area contributed by atoms with Crippen molar-refractivity contribution in [3.05, 3.63) is 58.7 Å². The van der Waals surface area contributed by atoms with Gasteiger partial charge in [-0.2, -0.15) is 13.2 Å². The Balaban J connectivity index is 1.72. The van der Waals surface area contributed by atoms with E-state index in [4.69, 9.17) is 10.5 Å². The Morgan fingerprint density at radius 2 is 2.06 bits per heavy atom. The summed E-state index contributed by atoms with van der Waals surface area (Å²) in [7, 11) is -2.79. The van der Waals surface area contributed by atoms with Crippen LogP contribution < -0.4 is 11.1 Å². The Labute approximate surface area is 198 Å². The van der Waals surface area contributed by atoms with Crippen molar-refractivity contribution in [3.63, 3.8) is 0 Å². The quantitative estimate of drug-likeness (QED) is 0.602. The van der Waals surface area contributed by atoms with Crippen molar-refractivity contribution in [3.8, 4) is 0 Å². The van der Waals surface area contributed by atoms with Crippen LogP contribution in [0.5, 0.6) is 0 Å². The molecule has 1 fully saturated rings. The number of nitrogens with zero attached hydrogens (tertiary/aromatic N) is 3. The fourth-order valence-corrected chi connectivity index (χ4v) is 5.87. The van der Waals surface area contributed by atoms with Gasteiger partial charge in [-0.15, -0.1) is 0 Å². The summed E-state index contributed by atoms with van der Waals surface area (Å²) < 4.78 is 86.0. The number of halogens is 4. The maximum atomic E-state index is 15.0. The lowest BCUT2D eigenvalue weighted by Gasteiger charge is -2.38. The van der Waals surface area contributed by atoms with Gasteiger partial charge in [-0.05, 0) is 36.2 Å². The molecule has 2 atom stereocenters. The van der Waals surface area contributed by atoms with Crippen LogP contribution in [0, 0.1) is 5.82 Å². The summed E-state index contributed by atoms with van der Waals surface area (Å²) in [6.07, 6.45) is -3.71. The molecule has 0 bridgehead atoms. The molecule has 1 aromatic heterocycles. The number of nitrogens with one attached hydrogen (secondary N) is 1. The number of rotatable bonds is 4. The molecule has 0 spiro atoms. The number of carbonyl (C=O) groups is 1. The first kappa shape index (κ1) is 24.9. The Kier molecular flexibility index (Phi) is 6.00. The van der Waals surface area contributed by atoms with Gasteiger partial charge < -0.3 is 15.8 Å². The number of aliphatic imine (C=N–C) groups is 1. The van der Waals surface area contributed by atoms with E-state index in [0.29, 0.717) is 0 Å². The number of fused-ring (bicyclic) bond motifs is 1. The number of aromatic nitrogens is 1. The molecular weight excluding hydrogens is 494 g/mol. The van der Waals surface area contributed by atoms with Crippen LogP contribution in [-0.2, 0) is 32.9 Å². The average molecular weight is 515 g/mol. The highest BCUT2D eigenvalue weighted by atomic mass is 32.2. The second-order valence-electron chi connectivity index (χ2n) is 8.14. The summed E-state index contributed by atoms with van der Waals surface area (Å²) in [5.74, 6) is -1.90. The summed E-state index contributed by atoms with van der Waals surface area (Å²) >= 11 is 0. The zero-order valence-corrected chi connectivity index (χ0v) is 19.4. The van der Waals surface area contributed by atoms with Gasteiger partial charge in [0, 0.05) is 24.5 Å². The lowest BCUT2D eigenvalue weighted by Crippen LogP contribution is -2.57. The van der Waals surface area contributed by atoms with Crippen LogP contribution in [0.2, 0.25) is 0 Å². The number of hydrogen-bond donors (Lipinski definition) is 2. The average Bonchev–Trinajstić information content (AvgIpc) is 3.23. The summed E-state index contributed by atoms with van der Waals surface area (Å²) in [6, 6.07) is 4.27. The van der Waals surface area contributed by atoms with Crippen LogP contribution in [0.3, 0.4) is 0 Å². The van der Waals surface area contributed by atoms with Gasteiger partial charge in [-0.25, -0.2) is 22.1 Å². The van der Waals surface area contributed by atoms with E-state index < -0.39 is 44.4 Å². The first-order valence-corrected chi connectivity index (χ1v) is 11.9. The first-order chi connectivity index (χ1) is 16.3. The van der Waals surface area contributed by atoms with E-state index in [1.54, 1.807) is 6.92 Å². The van der Waals surface area contributed by atoms with Gasteiger partial charge in [0.05, 0.1) is 18.8 Å². The third-order valence-corrected chi connectivity index (χ3v) is 8.29. The molecule has 2 aromatic rings. The normalized spacial score (nSPS) is 23.5. The number of pyridine rings is 1. The molecule has 2 aliphatic rings. The van der Waals surface area contributed by atoms with Crippen LogP contribution in [-0.4, -0.2) is 55.1 Å². The van der Waals surface area contributed by atoms with Crippen LogP contribution in [0.25, 0.3) is 0 Å². The number of benzene rings is 1. The SMILES string of the molecule is CCc1cc(C(F)(F)F)ncc1C(=O)Nc1ccc(F)c(C23COCC2S(=O)(=O)N(C)C(N)=N3)c1. The van der Waals surface area contributed by atoms with E-state index in [1.165, 1.54) is 19.2 Å². The molecule has 9 nitrogen and oxygen atoms in total. The minimum absolute atomic E-state index is 0.0680. The van der Waals surface area contributed by atoms with E-state index in [-0.39, 0.29) is 48.0 Å². The smallest absolute Gasteiger partial charge is 0.377 e. The predicted octanol–water partition coefficient (Wildman–Crippen LogP) is 2.24. The Morgan fingerprint density at radius 3 is 2.71 bits per heavy atom. The van der Waals surface area contributed by atoms with Crippen molar-refractivity contribution in [1.82, 2.24) is 9.29 Å². The fraction of sp³-hybridized carbons (Fsp3) is 0.381. The number of carbonyl (C=O) groups excluding carboxylic acids is 1. The van der Waals surface area contributed by atoms with E-state index in [9.17, 15) is 30.8 Å². The number of ether oxygens (including phenoxy) is 1. The largest absolute Gasteiger partial charge is 0.433 e. The minimum atomic E-state index is -4.67. The van der Waals surface area contributed by atoms with Gasteiger partial charge in [-0.3, -0.25) is 9.78 Å². The Morgan fingerprint density at radius 1 is 1.34 bits per heavy atom. The van der Waals surface area contributed by atoms with Gasteiger partial charge >= 0.3 is 6.18 Å². The number of guanidine groups is 1. The number of nitrogens with two attached hydrogens (primary N) is 1. The van der Waals surface area contributed by atoms with Crippen LogP contribution in [0.4, 0.5) is 23.2 Å². The molecule has 188 valence electrons. The molecule has 4 rings (SSSR count). The number of amides is 1. The summed E-state index contributed by atoms with van der Waals surface area (Å²) in [5.41, 5.74) is 2.96. The highest BCUT2D eigenvalue weighted by Gasteiger charge is 2.58. The Bertz CT molecular complexity index is 1330. The monoisotopic (exact) mass is 515 g/mol. The van der Waals surface area contributed by atoms with E-state index in [1.807, 2.05) is 0 Å². The van der Waals surface area contributed by atoms with Crippen molar-refractivity contribution in [1.29, 1.82) is 0 Å². The molecule has 0 aliphatic carbocycles. The summed E-state index contributed by atoms with van der Waals surface area (Å²) in [5, 5.41) is 1.26. The third-order valence-electron chi connectivity index (χ3n) is 6.10. The highest BCUT2D eigenvalue weighted by molar-refractivity contribution is 7.90. The maximum absolute atomic E-state index is 15.0. The number of sulfonamides is 1. The van der Waals surface area contributed by atoms with Gasteiger partial charge in [0.15, 0.2) is 0 Å². The van der Waals surface area contributed by atoms with E-state index >= 15 is 0 Å². The number of anilines is 1. The van der Waals surface area contributed by atoms with Crippen LogP contribution in [0.1, 0.15) is 34.1 Å². The highest BCUT2D eigenvalue weighted by Crippen LogP contribution is 2.44. The topological polar surface area (TPSA) is 127 Å². The van der Waals surface area contributed by atoms with Gasteiger partial charge in [0.2, 0.25) is 16.0 Å². The van der Waals surface area contributed by atoms with Crippen LogP contribution in [0.15, 0.2) is 35.5 Å². The van der Waals surface area contributed by atoms with E-state index in [2.05, 4.69) is 15.3 Å². The zero-order valence-electron chi connectivity index (χ0n) is 18.6. The first-order valence-electron chi connectivity index (χ1n) is 10.4. The standard InChI is InChI=1S/C21H21F4N5O4S/c1-3-11-6-16(21(23,24)25)27-8-13(11)18(31)28-12-4-5-15(22)14(7-12)20-10-34-9-17(20)35(32,33)30(2)19(26)29-20/h4-8,17H,3,9-10H2,1-2H3,(H2,26,29)(H,28,31). The number of hydrogen-bond acceptors (Lipinski definition) is 7. The predicted molar refractivity (Wildman–Crippen MR) is 118 cm³/mol. The van der Waals surface area contributed by atoms with Crippen molar-refractivity contribution >= 4 is 27.6 Å². The molecule has 0 radical (unpaired) electrons. The molecule has 3 N–H and O–H groups in total. The molecular formula is C21H21F4N5O4S. The molecule has 2 aliphatic heterocycles. The molecule has 1 saturated heterocycles. The molecule has 3 heterocycles. The van der Waals surface area contributed by atoms with Crippen LogP contribution >= 0.6 is 0 Å². The third kappa shape index (κ3) is 4.10. The summed E-state index contributed by atoms with van der Waals surface area (Å²) in [6.45, 7) is 1.09. The van der Waals surface area contributed by atoms with Crippen molar-refractivity contribution in [2.75, 3.05) is 25.6 Å². The maximum Gasteiger partial charge on any atom is 0.433 e. The number of aryl methyl sites for hydroxylation is 1. The Hall–Kier alpha value is -3.26. The van der Waals surface area contributed by atoms with Crippen molar-refractivity contribution < 1.29 is 35.5 Å². The lowest BCUT2D eigenvalue weighted by molar-refractivity contribution is -0.141. The van der Waals surface area contributed by atoms with Crippen molar-refractivity contribution in [2.45, 2.75) is 30.3 Å². The van der Waals surface area contributed by atoms with Crippen molar-refractivity contribution in [2.24, 2.45) is 10.7 Å². The second kappa shape index (κ2) is 8.45. The van der Waals surface area contributed by atoms with Gasteiger partial charge in [0.25, 0.3) is 5.91 Å². The molecule has 0 saturated carbocycles. The fourth-order valence-electron chi connectivity index (χ4n) is 4.18. The minimum Gasteiger partial charge on any atom is -0.377 e. The zero-order chi connectivity index (χ0) is 25.8.